The normalized spacial score (nSPS) is 11.0. The van der Waals surface area contributed by atoms with Gasteiger partial charge in [-0.05, 0) is 0 Å². The SMILES string of the molecule is Cc1cc(C#N)c2c([se]c3ccccc32)c1-c1cccc[n+]1C. The molecule has 0 fully saturated rings. The van der Waals surface area contributed by atoms with Crippen molar-refractivity contribution >= 4 is 33.8 Å². The summed E-state index contributed by atoms with van der Waals surface area (Å²) in [5.41, 5.74) is 4.47. The van der Waals surface area contributed by atoms with Crippen molar-refractivity contribution in [2.45, 2.75) is 6.92 Å². The van der Waals surface area contributed by atoms with Crippen molar-refractivity contribution in [3.63, 3.8) is 0 Å². The van der Waals surface area contributed by atoms with Gasteiger partial charge in [-0.15, -0.1) is 0 Å². The van der Waals surface area contributed by atoms with Crippen LogP contribution in [0.15, 0.2) is 54.7 Å². The van der Waals surface area contributed by atoms with Gasteiger partial charge >= 0.3 is 141 Å². The van der Waals surface area contributed by atoms with Gasteiger partial charge in [0, 0.05) is 0 Å². The number of aromatic nitrogens is 1. The molecule has 0 radical (unpaired) electrons. The topological polar surface area (TPSA) is 27.7 Å². The standard InChI is InChI=1S/C20H15N2Se/c1-13-11-14(12-21)19-15-7-3-4-9-17(15)23-20(19)18(13)16-8-5-6-10-22(16)2/h3-11H,1-2H3/q+1. The van der Waals surface area contributed by atoms with Gasteiger partial charge in [0.25, 0.3) is 0 Å². The molecule has 0 saturated carbocycles. The van der Waals surface area contributed by atoms with Crippen molar-refractivity contribution in [3.05, 3.63) is 65.9 Å². The molecule has 3 heteroatoms. The summed E-state index contributed by atoms with van der Waals surface area (Å²) in [6.45, 7) is 2.11. The Hall–Kier alpha value is -2.40. The van der Waals surface area contributed by atoms with Crippen molar-refractivity contribution in [3.8, 4) is 17.3 Å². The van der Waals surface area contributed by atoms with Gasteiger partial charge in [0.05, 0.1) is 0 Å². The van der Waals surface area contributed by atoms with Crippen LogP contribution < -0.4 is 4.57 Å². The van der Waals surface area contributed by atoms with Crippen LogP contribution >= 0.6 is 0 Å². The summed E-state index contributed by atoms with van der Waals surface area (Å²) in [5, 5.41) is 12.0. The molecule has 0 aliphatic heterocycles. The monoisotopic (exact) mass is 363 g/mol. The Morgan fingerprint density at radius 3 is 2.65 bits per heavy atom. The van der Waals surface area contributed by atoms with E-state index in [4.69, 9.17) is 0 Å². The van der Waals surface area contributed by atoms with Gasteiger partial charge in [-0.1, -0.05) is 0 Å². The minimum atomic E-state index is 0.238. The van der Waals surface area contributed by atoms with E-state index < -0.39 is 0 Å². The van der Waals surface area contributed by atoms with Crippen molar-refractivity contribution in [2.75, 3.05) is 0 Å². The van der Waals surface area contributed by atoms with E-state index >= 15 is 0 Å². The number of aryl methyl sites for hydroxylation is 2. The van der Waals surface area contributed by atoms with E-state index in [9.17, 15) is 5.26 Å². The molecule has 2 nitrogen and oxygen atoms in total. The quantitative estimate of drug-likeness (QED) is 0.375. The molecule has 110 valence electrons. The summed E-state index contributed by atoms with van der Waals surface area (Å²) in [5.74, 6) is 0. The molecule has 0 saturated heterocycles. The molecule has 4 aromatic rings. The van der Waals surface area contributed by atoms with Crippen LogP contribution in [0.5, 0.6) is 0 Å². The summed E-state index contributed by atoms with van der Waals surface area (Å²) < 4.78 is 4.88. The third kappa shape index (κ3) is 2.11. The number of fused-ring (bicyclic) bond motifs is 3. The first-order valence-corrected chi connectivity index (χ1v) is 9.22. The fraction of sp³-hybridized carbons (Fsp3) is 0.100. The Kier molecular flexibility index (Phi) is 3.31. The summed E-state index contributed by atoms with van der Waals surface area (Å²) >= 11 is 0.238. The van der Waals surface area contributed by atoms with Gasteiger partial charge in [-0.2, -0.15) is 0 Å². The van der Waals surface area contributed by atoms with Crippen LogP contribution in [0.1, 0.15) is 11.1 Å². The Morgan fingerprint density at radius 2 is 1.87 bits per heavy atom. The van der Waals surface area contributed by atoms with E-state index in [-0.39, 0.29) is 14.5 Å². The van der Waals surface area contributed by atoms with Crippen LogP contribution in [-0.2, 0) is 7.05 Å². The minimum absolute atomic E-state index is 0.238. The number of nitrogens with zero attached hydrogens (tertiary/aromatic N) is 2. The molecular formula is C20H15N2Se+. The summed E-state index contributed by atoms with van der Waals surface area (Å²) in [6, 6.07) is 19.2. The van der Waals surface area contributed by atoms with Crippen LogP contribution in [0.25, 0.3) is 30.6 Å². The number of hydrogen-bond acceptors (Lipinski definition) is 1. The molecule has 0 bridgehead atoms. The van der Waals surface area contributed by atoms with Crippen LogP contribution in [0.4, 0.5) is 0 Å². The van der Waals surface area contributed by atoms with E-state index in [0.29, 0.717) is 0 Å². The van der Waals surface area contributed by atoms with Gasteiger partial charge in [-0.3, -0.25) is 0 Å². The molecule has 2 aromatic heterocycles. The van der Waals surface area contributed by atoms with Crippen molar-refractivity contribution in [2.24, 2.45) is 7.05 Å². The first kappa shape index (κ1) is 14.2. The average molecular weight is 362 g/mol. The maximum absolute atomic E-state index is 9.62. The van der Waals surface area contributed by atoms with Crippen LogP contribution in [-0.4, -0.2) is 14.5 Å². The first-order valence-electron chi connectivity index (χ1n) is 7.50. The Morgan fingerprint density at radius 1 is 1.09 bits per heavy atom. The molecule has 0 N–H and O–H groups in total. The second kappa shape index (κ2) is 5.35. The fourth-order valence-electron chi connectivity index (χ4n) is 3.22. The predicted octanol–water partition coefficient (Wildman–Crippen LogP) is 3.72. The van der Waals surface area contributed by atoms with E-state index in [1.54, 1.807) is 0 Å². The number of pyridine rings is 1. The fourth-order valence-corrected chi connectivity index (χ4v) is 6.02. The number of hydrogen-bond donors (Lipinski definition) is 0. The summed E-state index contributed by atoms with van der Waals surface area (Å²) in [4.78, 5) is 0. The Balaban J connectivity index is 2.24. The number of benzene rings is 2. The Labute approximate surface area is 141 Å². The zero-order chi connectivity index (χ0) is 16.0. The Bertz CT molecular complexity index is 1100. The maximum atomic E-state index is 9.62. The molecule has 0 unspecified atom stereocenters. The molecule has 4 rings (SSSR count). The van der Waals surface area contributed by atoms with Crippen LogP contribution in [0, 0.1) is 18.3 Å². The zero-order valence-electron chi connectivity index (χ0n) is 13.0. The van der Waals surface area contributed by atoms with E-state index in [1.807, 2.05) is 12.1 Å². The summed E-state index contributed by atoms with van der Waals surface area (Å²) in [7, 11) is 2.08. The molecule has 2 aromatic carbocycles. The van der Waals surface area contributed by atoms with Crippen LogP contribution in [0.3, 0.4) is 0 Å². The third-order valence-corrected chi connectivity index (χ3v) is 6.77. The second-order valence-corrected chi connectivity index (χ2v) is 7.93. The molecule has 0 atom stereocenters. The molecule has 0 aliphatic rings. The number of nitriles is 1. The van der Waals surface area contributed by atoms with Crippen molar-refractivity contribution < 1.29 is 4.57 Å². The van der Waals surface area contributed by atoms with Crippen molar-refractivity contribution in [1.82, 2.24) is 0 Å². The van der Waals surface area contributed by atoms with Gasteiger partial charge in [0.2, 0.25) is 0 Å². The molecular weight excluding hydrogens is 347 g/mol. The van der Waals surface area contributed by atoms with E-state index in [1.165, 1.54) is 30.7 Å². The molecule has 23 heavy (non-hydrogen) atoms. The van der Waals surface area contributed by atoms with Gasteiger partial charge in [0.1, 0.15) is 0 Å². The molecule has 0 amide bonds. The van der Waals surface area contributed by atoms with E-state index in [2.05, 4.69) is 67.2 Å². The predicted molar refractivity (Wildman–Crippen MR) is 94.5 cm³/mol. The second-order valence-electron chi connectivity index (χ2n) is 5.73. The number of rotatable bonds is 1. The van der Waals surface area contributed by atoms with Gasteiger partial charge in [-0.25, -0.2) is 0 Å². The first-order chi connectivity index (χ1) is 11.2. The molecule has 0 spiro atoms. The molecule has 2 heterocycles. The average Bonchev–Trinajstić information content (AvgIpc) is 2.94. The third-order valence-electron chi connectivity index (χ3n) is 4.28. The van der Waals surface area contributed by atoms with Crippen LogP contribution in [0.2, 0.25) is 0 Å². The van der Waals surface area contributed by atoms with E-state index in [0.717, 1.165) is 10.9 Å². The summed E-state index contributed by atoms with van der Waals surface area (Å²) in [6.07, 6.45) is 2.08. The zero-order valence-corrected chi connectivity index (χ0v) is 14.7. The van der Waals surface area contributed by atoms with Crippen molar-refractivity contribution in [1.29, 1.82) is 5.26 Å². The van der Waals surface area contributed by atoms with Gasteiger partial charge in [0.15, 0.2) is 0 Å². The van der Waals surface area contributed by atoms with Gasteiger partial charge < -0.3 is 0 Å². The molecule has 0 aliphatic carbocycles.